The Bertz CT molecular complexity index is 989. The van der Waals surface area contributed by atoms with Crippen LogP contribution in [0.4, 0.5) is 5.95 Å². The van der Waals surface area contributed by atoms with Gasteiger partial charge in [0, 0.05) is 19.3 Å². The summed E-state index contributed by atoms with van der Waals surface area (Å²) in [5.41, 5.74) is 2.06. The van der Waals surface area contributed by atoms with Gasteiger partial charge in [-0.05, 0) is 31.3 Å². The zero-order valence-electron chi connectivity index (χ0n) is 16.7. The van der Waals surface area contributed by atoms with E-state index in [-0.39, 0.29) is 18.9 Å². The van der Waals surface area contributed by atoms with Gasteiger partial charge in [-0.1, -0.05) is 26.0 Å². The van der Waals surface area contributed by atoms with Gasteiger partial charge < -0.3 is 14.6 Å². The minimum atomic E-state index is -0.940. The lowest BCUT2D eigenvalue weighted by Gasteiger charge is -2.19. The summed E-state index contributed by atoms with van der Waals surface area (Å²) in [6.07, 6.45) is 1.38. The predicted molar refractivity (Wildman–Crippen MR) is 110 cm³/mol. The number of fused-ring (bicyclic) bond motifs is 1. The molecule has 0 saturated heterocycles. The Kier molecular flexibility index (Phi) is 6.61. The molecule has 3 rings (SSSR count). The van der Waals surface area contributed by atoms with Gasteiger partial charge in [-0.2, -0.15) is 5.10 Å². The first-order valence-electron chi connectivity index (χ1n) is 9.76. The van der Waals surface area contributed by atoms with Gasteiger partial charge in [-0.15, -0.1) is 0 Å². The molecule has 9 nitrogen and oxygen atoms in total. The van der Waals surface area contributed by atoms with Crippen molar-refractivity contribution >= 4 is 28.9 Å². The van der Waals surface area contributed by atoms with E-state index in [0.29, 0.717) is 18.2 Å². The molecule has 0 fully saturated rings. The van der Waals surface area contributed by atoms with Crippen LogP contribution in [0.15, 0.2) is 36.5 Å². The van der Waals surface area contributed by atoms with Crippen molar-refractivity contribution in [3.8, 4) is 0 Å². The average molecular weight is 398 g/mol. The molecule has 3 aromatic rings. The van der Waals surface area contributed by atoms with E-state index in [1.807, 2.05) is 28.8 Å². The third-order valence-corrected chi connectivity index (χ3v) is 4.90. The Labute approximate surface area is 168 Å². The van der Waals surface area contributed by atoms with E-state index >= 15 is 0 Å². The quantitative estimate of drug-likeness (QED) is 0.543. The lowest BCUT2D eigenvalue weighted by molar-refractivity contribution is -0.137. The van der Waals surface area contributed by atoms with Crippen molar-refractivity contribution in [2.75, 3.05) is 25.0 Å². The second kappa shape index (κ2) is 9.33. The van der Waals surface area contributed by atoms with Gasteiger partial charge in [0.1, 0.15) is 5.69 Å². The number of aliphatic carboxylic acids is 1. The molecular formula is C20H26N6O3. The van der Waals surface area contributed by atoms with E-state index in [0.717, 1.165) is 30.7 Å². The van der Waals surface area contributed by atoms with Crippen molar-refractivity contribution in [2.24, 2.45) is 0 Å². The van der Waals surface area contributed by atoms with E-state index < -0.39 is 5.97 Å². The number of carboxylic acids is 1. The number of likely N-dealkylation sites (N-methyl/N-ethyl adjacent to an activating group) is 1. The maximum Gasteiger partial charge on any atom is 0.305 e. The highest BCUT2D eigenvalue weighted by Gasteiger charge is 2.18. The number of nitrogens with zero attached hydrogens (tertiary/aromatic N) is 5. The second-order valence-corrected chi connectivity index (χ2v) is 6.64. The monoisotopic (exact) mass is 398 g/mol. The van der Waals surface area contributed by atoms with Crippen LogP contribution in [0.25, 0.3) is 11.0 Å². The van der Waals surface area contributed by atoms with E-state index in [2.05, 4.69) is 34.1 Å². The minimum absolute atomic E-state index is 0.107. The number of carbonyl (C=O) groups is 2. The molecule has 0 radical (unpaired) electrons. The number of rotatable bonds is 10. The van der Waals surface area contributed by atoms with Crippen molar-refractivity contribution in [1.82, 2.24) is 24.2 Å². The maximum absolute atomic E-state index is 12.8. The van der Waals surface area contributed by atoms with Crippen molar-refractivity contribution in [3.63, 3.8) is 0 Å². The van der Waals surface area contributed by atoms with Gasteiger partial charge in [0.2, 0.25) is 5.95 Å². The number of aryl methyl sites for hydroxylation is 1. The van der Waals surface area contributed by atoms with Crippen LogP contribution in [0.2, 0.25) is 0 Å². The zero-order valence-corrected chi connectivity index (χ0v) is 16.7. The van der Waals surface area contributed by atoms with E-state index in [4.69, 9.17) is 5.11 Å². The lowest BCUT2D eigenvalue weighted by Crippen LogP contribution is -2.28. The molecule has 2 heterocycles. The SMILES string of the molecule is CCN(CC)CCn1c(NC(=O)c2ccnn2CCC(=O)O)nc2ccccc21. The number of nitrogens with one attached hydrogen (secondary N) is 1. The van der Waals surface area contributed by atoms with Gasteiger partial charge >= 0.3 is 5.97 Å². The Morgan fingerprint density at radius 2 is 1.90 bits per heavy atom. The molecule has 2 N–H and O–H groups in total. The highest BCUT2D eigenvalue weighted by Crippen LogP contribution is 2.20. The fourth-order valence-electron chi connectivity index (χ4n) is 3.25. The molecule has 154 valence electrons. The molecule has 0 aliphatic rings. The molecule has 0 atom stereocenters. The number of hydrogen-bond donors (Lipinski definition) is 2. The van der Waals surface area contributed by atoms with Gasteiger partial charge in [-0.25, -0.2) is 4.98 Å². The first kappa shape index (κ1) is 20.5. The lowest BCUT2D eigenvalue weighted by atomic mass is 10.3. The number of para-hydroxylation sites is 2. The number of hydrogen-bond acceptors (Lipinski definition) is 5. The van der Waals surface area contributed by atoms with Crippen LogP contribution in [0.1, 0.15) is 30.8 Å². The summed E-state index contributed by atoms with van der Waals surface area (Å²) in [4.78, 5) is 30.6. The van der Waals surface area contributed by atoms with Crippen molar-refractivity contribution < 1.29 is 14.7 Å². The zero-order chi connectivity index (χ0) is 20.8. The fourth-order valence-corrected chi connectivity index (χ4v) is 3.25. The molecule has 1 amide bonds. The summed E-state index contributed by atoms with van der Waals surface area (Å²) >= 11 is 0. The Balaban J connectivity index is 1.84. The molecule has 1 aromatic carbocycles. The molecule has 29 heavy (non-hydrogen) atoms. The van der Waals surface area contributed by atoms with E-state index in [1.54, 1.807) is 6.07 Å². The van der Waals surface area contributed by atoms with Crippen LogP contribution in [-0.4, -0.2) is 60.8 Å². The largest absolute Gasteiger partial charge is 0.481 e. The smallest absolute Gasteiger partial charge is 0.305 e. The Morgan fingerprint density at radius 3 is 2.62 bits per heavy atom. The van der Waals surface area contributed by atoms with E-state index in [1.165, 1.54) is 10.9 Å². The summed E-state index contributed by atoms with van der Waals surface area (Å²) in [6.45, 7) is 7.81. The third-order valence-electron chi connectivity index (χ3n) is 4.90. The summed E-state index contributed by atoms with van der Waals surface area (Å²) < 4.78 is 3.40. The molecule has 9 heteroatoms. The second-order valence-electron chi connectivity index (χ2n) is 6.64. The van der Waals surface area contributed by atoms with Gasteiger partial charge in [-0.3, -0.25) is 19.6 Å². The Hall–Kier alpha value is -3.20. The number of amides is 1. The van der Waals surface area contributed by atoms with Crippen LogP contribution in [0.5, 0.6) is 0 Å². The highest BCUT2D eigenvalue weighted by molar-refractivity contribution is 6.02. The summed E-state index contributed by atoms with van der Waals surface area (Å²) in [5, 5.41) is 15.8. The fraction of sp³-hybridized carbons (Fsp3) is 0.400. The number of carboxylic acid groups (broad SMARTS) is 1. The Morgan fingerprint density at radius 1 is 1.14 bits per heavy atom. The van der Waals surface area contributed by atoms with Crippen LogP contribution in [0, 0.1) is 0 Å². The van der Waals surface area contributed by atoms with Gasteiger partial charge in [0.25, 0.3) is 5.91 Å². The molecule has 0 bridgehead atoms. The molecule has 0 unspecified atom stereocenters. The number of aromatic nitrogens is 4. The molecule has 0 aliphatic carbocycles. The standard InChI is InChI=1S/C20H26N6O3/c1-3-24(4-2)13-14-25-16-8-6-5-7-15(16)22-20(25)23-19(29)17-9-11-21-26(17)12-10-18(27)28/h5-9,11H,3-4,10,12-14H2,1-2H3,(H,27,28)(H,22,23,29). The van der Waals surface area contributed by atoms with Crippen molar-refractivity contribution in [1.29, 1.82) is 0 Å². The van der Waals surface area contributed by atoms with Crippen LogP contribution in [-0.2, 0) is 17.9 Å². The molecular weight excluding hydrogens is 372 g/mol. The first-order chi connectivity index (χ1) is 14.0. The number of carbonyl (C=O) groups excluding carboxylic acids is 1. The van der Waals surface area contributed by atoms with Crippen molar-refractivity contribution in [3.05, 3.63) is 42.2 Å². The number of benzene rings is 1. The van der Waals surface area contributed by atoms with E-state index in [9.17, 15) is 9.59 Å². The normalized spacial score (nSPS) is 11.3. The average Bonchev–Trinajstić information content (AvgIpc) is 3.31. The van der Waals surface area contributed by atoms with Gasteiger partial charge in [0.05, 0.1) is 24.0 Å². The molecule has 0 aliphatic heterocycles. The van der Waals surface area contributed by atoms with Crippen LogP contribution in [0.3, 0.4) is 0 Å². The number of anilines is 1. The molecule has 0 spiro atoms. The summed E-state index contributed by atoms with van der Waals surface area (Å²) in [5.74, 6) is -0.841. The van der Waals surface area contributed by atoms with Gasteiger partial charge in [0.15, 0.2) is 0 Å². The third kappa shape index (κ3) is 4.80. The van der Waals surface area contributed by atoms with Crippen molar-refractivity contribution in [2.45, 2.75) is 33.4 Å². The first-order valence-corrected chi connectivity index (χ1v) is 9.76. The predicted octanol–water partition coefficient (Wildman–Crippen LogP) is 2.30. The maximum atomic E-state index is 12.8. The van der Waals surface area contributed by atoms with Crippen LogP contribution >= 0.6 is 0 Å². The van der Waals surface area contributed by atoms with Crippen LogP contribution < -0.4 is 5.32 Å². The summed E-state index contributed by atoms with van der Waals surface area (Å²) in [7, 11) is 0. The highest BCUT2D eigenvalue weighted by atomic mass is 16.4. The summed E-state index contributed by atoms with van der Waals surface area (Å²) in [6, 6.07) is 9.33. The topological polar surface area (TPSA) is 105 Å². The molecule has 2 aromatic heterocycles. The number of imidazole rings is 1. The minimum Gasteiger partial charge on any atom is -0.481 e. The molecule has 0 saturated carbocycles.